The van der Waals surface area contributed by atoms with Crippen LogP contribution in [-0.4, -0.2) is 12.1 Å². The van der Waals surface area contributed by atoms with Gasteiger partial charge in [0, 0.05) is 6.92 Å². The van der Waals surface area contributed by atoms with Gasteiger partial charge in [-0.15, -0.1) is 0 Å². The molecule has 4 aliphatic carbocycles. The highest BCUT2D eigenvalue weighted by Gasteiger charge is 2.67. The molecule has 4 aliphatic rings. The molecule has 30 heavy (non-hydrogen) atoms. The molecule has 2 nitrogen and oxygen atoms in total. The predicted octanol–water partition coefficient (Wildman–Crippen LogP) is 7.96. The van der Waals surface area contributed by atoms with Crippen molar-refractivity contribution >= 4 is 5.97 Å². The van der Waals surface area contributed by atoms with Crippen molar-refractivity contribution in [3.63, 3.8) is 0 Å². The molecule has 0 amide bonds. The molecular weight excluding hydrogens is 368 g/mol. The molecule has 0 aromatic carbocycles. The van der Waals surface area contributed by atoms with Crippen LogP contribution in [0, 0.1) is 39.9 Å². The summed E-state index contributed by atoms with van der Waals surface area (Å²) in [6, 6.07) is 0. The maximum atomic E-state index is 11.9. The van der Waals surface area contributed by atoms with Gasteiger partial charge in [-0.1, -0.05) is 60.0 Å². The molecule has 0 bridgehead atoms. The van der Waals surface area contributed by atoms with Gasteiger partial charge in [0.05, 0.1) is 0 Å². The molecule has 2 heteroatoms. The minimum Gasteiger partial charge on any atom is -0.458 e. The molecule has 0 aliphatic heterocycles. The van der Waals surface area contributed by atoms with Gasteiger partial charge < -0.3 is 4.74 Å². The van der Waals surface area contributed by atoms with Crippen LogP contribution in [0.5, 0.6) is 0 Å². The number of carbonyl (C=O) groups excluding carboxylic acids is 1. The van der Waals surface area contributed by atoms with Crippen molar-refractivity contribution in [2.24, 2.45) is 39.9 Å². The third kappa shape index (κ3) is 3.30. The van der Waals surface area contributed by atoms with E-state index in [4.69, 9.17) is 4.74 Å². The third-order valence-electron chi connectivity index (χ3n) is 10.5. The van der Waals surface area contributed by atoms with Gasteiger partial charge in [0.25, 0.3) is 0 Å². The second-order valence-electron chi connectivity index (χ2n) is 11.8. The number of rotatable bonds is 1. The molecule has 172 valence electrons. The smallest absolute Gasteiger partial charge is 0.303 e. The van der Waals surface area contributed by atoms with E-state index in [1.165, 1.54) is 56.1 Å². The van der Waals surface area contributed by atoms with Crippen LogP contribution in [-0.2, 0) is 9.53 Å². The van der Waals surface area contributed by atoms with Crippen molar-refractivity contribution in [3.05, 3.63) is 11.1 Å². The first kappa shape index (κ1) is 23.9. The van der Waals surface area contributed by atoms with Gasteiger partial charge >= 0.3 is 5.97 Å². The molecule has 0 saturated heterocycles. The van der Waals surface area contributed by atoms with E-state index in [-0.39, 0.29) is 17.5 Å². The van der Waals surface area contributed by atoms with Crippen LogP contribution in [0.4, 0.5) is 0 Å². The number of hydrogen-bond acceptors (Lipinski definition) is 2. The zero-order chi connectivity index (χ0) is 22.5. The van der Waals surface area contributed by atoms with Crippen LogP contribution >= 0.6 is 0 Å². The topological polar surface area (TPSA) is 26.3 Å². The summed E-state index contributed by atoms with van der Waals surface area (Å²) in [6.07, 6.45) is 10.7. The Kier molecular flexibility index (Phi) is 6.59. The monoisotopic (exact) mass is 416 g/mol. The Bertz CT molecular complexity index is 689. The number of esters is 1. The summed E-state index contributed by atoms with van der Waals surface area (Å²) in [7, 11) is 0. The zero-order valence-corrected chi connectivity index (χ0v) is 21.4. The van der Waals surface area contributed by atoms with Gasteiger partial charge in [0.2, 0.25) is 0 Å². The summed E-state index contributed by atoms with van der Waals surface area (Å²) < 4.78 is 5.92. The van der Waals surface area contributed by atoms with E-state index < -0.39 is 0 Å². The van der Waals surface area contributed by atoms with Gasteiger partial charge in [-0.25, -0.2) is 0 Å². The lowest BCUT2D eigenvalue weighted by Gasteiger charge is -2.67. The third-order valence-corrected chi connectivity index (χ3v) is 10.5. The second kappa shape index (κ2) is 8.28. The van der Waals surface area contributed by atoms with Crippen molar-refractivity contribution in [3.8, 4) is 0 Å². The Morgan fingerprint density at radius 2 is 1.60 bits per heavy atom. The number of ether oxygens (including phenoxy) is 1. The number of fused-ring (bicyclic) bond motifs is 5. The quantitative estimate of drug-likeness (QED) is 0.320. The first-order chi connectivity index (χ1) is 14.0. The van der Waals surface area contributed by atoms with Gasteiger partial charge in [0.15, 0.2) is 0 Å². The van der Waals surface area contributed by atoms with E-state index in [9.17, 15) is 4.79 Å². The van der Waals surface area contributed by atoms with Crippen LogP contribution in [0.15, 0.2) is 11.1 Å². The summed E-state index contributed by atoms with van der Waals surface area (Å²) in [5, 5.41) is 0. The van der Waals surface area contributed by atoms with Gasteiger partial charge in [-0.05, 0) is 97.9 Å². The van der Waals surface area contributed by atoms with Gasteiger partial charge in [0.1, 0.15) is 6.10 Å². The molecule has 4 saturated carbocycles. The van der Waals surface area contributed by atoms with E-state index in [0.29, 0.717) is 16.7 Å². The summed E-state index contributed by atoms with van der Waals surface area (Å²) in [5.41, 5.74) is 3.95. The predicted molar refractivity (Wildman–Crippen MR) is 126 cm³/mol. The fourth-order valence-corrected chi connectivity index (χ4v) is 9.20. The zero-order valence-electron chi connectivity index (χ0n) is 21.4. The number of carbonyl (C=O) groups is 1. The number of allylic oxidation sites excluding steroid dienone is 1. The fraction of sp³-hybridized carbons (Fsp3) is 0.893. The highest BCUT2D eigenvalue weighted by molar-refractivity contribution is 5.66. The molecule has 0 heterocycles. The minimum absolute atomic E-state index is 0.00360. The fourth-order valence-electron chi connectivity index (χ4n) is 9.20. The normalized spacial score (nSPS) is 47.2. The van der Waals surface area contributed by atoms with Crippen LogP contribution in [0.25, 0.3) is 0 Å². The van der Waals surface area contributed by atoms with E-state index in [2.05, 4.69) is 41.5 Å². The second-order valence-corrected chi connectivity index (χ2v) is 11.8. The molecule has 0 N–H and O–H groups in total. The lowest BCUT2D eigenvalue weighted by atomic mass is 9.37. The highest BCUT2D eigenvalue weighted by Crippen LogP contribution is 2.74. The maximum absolute atomic E-state index is 11.9. The van der Waals surface area contributed by atoms with Crippen molar-refractivity contribution in [2.75, 3.05) is 0 Å². The molecule has 4 rings (SSSR count). The highest BCUT2D eigenvalue weighted by atomic mass is 16.5. The lowest BCUT2D eigenvalue weighted by molar-refractivity contribution is -0.185. The van der Waals surface area contributed by atoms with Crippen molar-refractivity contribution in [1.29, 1.82) is 0 Å². The molecule has 8 atom stereocenters. The molecule has 0 spiro atoms. The van der Waals surface area contributed by atoms with Crippen LogP contribution in [0.3, 0.4) is 0 Å². The Morgan fingerprint density at radius 3 is 2.20 bits per heavy atom. The summed E-state index contributed by atoms with van der Waals surface area (Å²) in [4.78, 5) is 11.9. The van der Waals surface area contributed by atoms with Crippen molar-refractivity contribution in [2.45, 2.75) is 120 Å². The van der Waals surface area contributed by atoms with E-state index in [1.807, 2.05) is 13.8 Å². The van der Waals surface area contributed by atoms with Crippen molar-refractivity contribution < 1.29 is 9.53 Å². The Hall–Kier alpha value is -0.790. The molecular formula is C28H48O2. The van der Waals surface area contributed by atoms with Gasteiger partial charge in [-0.3, -0.25) is 4.79 Å². The molecule has 0 radical (unpaired) electrons. The summed E-state index contributed by atoms with van der Waals surface area (Å²) >= 11 is 0. The van der Waals surface area contributed by atoms with Crippen molar-refractivity contribution in [1.82, 2.24) is 0 Å². The van der Waals surface area contributed by atoms with E-state index >= 15 is 0 Å². The molecule has 6 unspecified atom stereocenters. The average Bonchev–Trinajstić information content (AvgIpc) is 2.95. The first-order valence-electron chi connectivity index (χ1n) is 12.9. The first-order valence-corrected chi connectivity index (χ1v) is 12.9. The Morgan fingerprint density at radius 1 is 0.933 bits per heavy atom. The van der Waals surface area contributed by atoms with E-state index in [0.717, 1.165) is 24.2 Å². The molecule has 0 aromatic heterocycles. The molecule has 0 aromatic rings. The lowest BCUT2D eigenvalue weighted by Crippen LogP contribution is -2.60. The summed E-state index contributed by atoms with van der Waals surface area (Å²) in [5.74, 6) is 3.08. The van der Waals surface area contributed by atoms with Crippen LogP contribution in [0.1, 0.15) is 114 Å². The standard InChI is InChI=1S/C26H42O2.C2H6/c1-16(2)23-20-10-11-22-24(5)13-8-9-17(3)19(24)12-14-25(22,6)26(20,7)15-21(23)28-18(4)27;1-2/h17,19-22H,8-15H2,1-7H3;1-2H3/t17-,19?,20?,21?,22?,24?,25+,26?;/m1./s1. The summed E-state index contributed by atoms with van der Waals surface area (Å²) in [6.45, 7) is 20.4. The Balaban J connectivity index is 0.00000124. The number of hydrogen-bond donors (Lipinski definition) is 0. The van der Waals surface area contributed by atoms with Crippen LogP contribution < -0.4 is 0 Å². The average molecular weight is 417 g/mol. The Labute approximate surface area is 186 Å². The molecule has 4 fully saturated rings. The van der Waals surface area contributed by atoms with Crippen LogP contribution in [0.2, 0.25) is 0 Å². The maximum Gasteiger partial charge on any atom is 0.303 e. The van der Waals surface area contributed by atoms with Gasteiger partial charge in [-0.2, -0.15) is 0 Å². The largest absolute Gasteiger partial charge is 0.458 e. The SMILES string of the molecule is CC.CC(=O)OC1CC2(C)C(CCC3C4(C)CCC[C@@H](C)C4CC[C@@]32C)C1=C(C)C. The van der Waals surface area contributed by atoms with E-state index in [1.54, 1.807) is 6.92 Å². The minimum atomic E-state index is -0.121.